The number of esters is 1. The van der Waals surface area contributed by atoms with Crippen LogP contribution in [0.5, 0.6) is 5.75 Å². The van der Waals surface area contributed by atoms with Gasteiger partial charge < -0.3 is 14.2 Å². The summed E-state index contributed by atoms with van der Waals surface area (Å²) >= 11 is 0. The summed E-state index contributed by atoms with van der Waals surface area (Å²) in [4.78, 5) is 27.4. The average Bonchev–Trinajstić information content (AvgIpc) is 2.98. The molecule has 4 rings (SSSR count). The molecule has 28 heavy (non-hydrogen) atoms. The number of ether oxygens (including phenoxy) is 3. The number of rotatable bonds is 4. The third-order valence-corrected chi connectivity index (χ3v) is 4.44. The molecule has 1 aliphatic heterocycles. The molecule has 0 bridgehead atoms. The Hall–Kier alpha value is -3.53. The number of aryl methyl sites for hydroxylation is 2. The lowest BCUT2D eigenvalue weighted by molar-refractivity contribution is -0.385. The summed E-state index contributed by atoms with van der Waals surface area (Å²) in [6, 6.07) is 4.40. The largest absolute Gasteiger partial charge is 0.467 e. The first kappa shape index (κ1) is 17.9. The Morgan fingerprint density at radius 3 is 3.00 bits per heavy atom. The lowest BCUT2D eigenvalue weighted by Crippen LogP contribution is -2.15. The first-order valence-corrected chi connectivity index (χ1v) is 8.41. The van der Waals surface area contributed by atoms with Crippen LogP contribution >= 0.6 is 0 Å². The second-order valence-corrected chi connectivity index (χ2v) is 6.34. The molecule has 0 saturated heterocycles. The van der Waals surface area contributed by atoms with Gasteiger partial charge in [0.05, 0.1) is 22.8 Å². The van der Waals surface area contributed by atoms with Crippen LogP contribution in [0.1, 0.15) is 27.2 Å². The summed E-state index contributed by atoms with van der Waals surface area (Å²) in [5, 5.41) is 16.2. The van der Waals surface area contributed by atoms with Crippen molar-refractivity contribution in [2.24, 2.45) is 7.05 Å². The van der Waals surface area contributed by atoms with Crippen LogP contribution in [-0.4, -0.2) is 32.5 Å². The molecule has 0 aliphatic carbocycles. The van der Waals surface area contributed by atoms with Gasteiger partial charge in [0, 0.05) is 41.9 Å². The van der Waals surface area contributed by atoms with Crippen molar-refractivity contribution in [3.63, 3.8) is 0 Å². The summed E-state index contributed by atoms with van der Waals surface area (Å²) in [6.07, 6.45) is 1.42. The maximum atomic E-state index is 12.5. The molecule has 1 aliphatic rings. The van der Waals surface area contributed by atoms with Gasteiger partial charge in [-0.1, -0.05) is 0 Å². The lowest BCUT2D eigenvalue weighted by Gasteiger charge is -2.20. The monoisotopic (exact) mass is 384 g/mol. The predicted molar refractivity (Wildman–Crippen MR) is 95.7 cm³/mol. The third kappa shape index (κ3) is 3.14. The Morgan fingerprint density at radius 2 is 2.21 bits per heavy atom. The number of carbonyl (C=O) groups is 1. The van der Waals surface area contributed by atoms with E-state index in [9.17, 15) is 14.9 Å². The van der Waals surface area contributed by atoms with Crippen molar-refractivity contribution in [1.82, 2.24) is 14.8 Å². The molecule has 0 unspecified atom stereocenters. The number of fused-ring (bicyclic) bond motifs is 2. The maximum absolute atomic E-state index is 12.5. The van der Waals surface area contributed by atoms with E-state index in [2.05, 4.69) is 10.1 Å². The highest BCUT2D eigenvalue weighted by molar-refractivity contribution is 5.93. The van der Waals surface area contributed by atoms with Crippen LogP contribution in [0.15, 0.2) is 24.4 Å². The molecule has 10 nitrogen and oxygen atoms in total. The van der Waals surface area contributed by atoms with Gasteiger partial charge in [-0.3, -0.25) is 14.8 Å². The molecule has 0 N–H and O–H groups in total. The molecule has 3 heterocycles. The van der Waals surface area contributed by atoms with Gasteiger partial charge in [-0.2, -0.15) is 5.10 Å². The van der Waals surface area contributed by atoms with Crippen molar-refractivity contribution in [2.75, 3.05) is 6.79 Å². The molecular formula is C18H16N4O6. The van der Waals surface area contributed by atoms with E-state index in [4.69, 9.17) is 14.2 Å². The molecule has 0 radical (unpaired) electrons. The fourth-order valence-corrected chi connectivity index (χ4v) is 3.14. The van der Waals surface area contributed by atoms with Crippen LogP contribution in [0.2, 0.25) is 0 Å². The van der Waals surface area contributed by atoms with Crippen LogP contribution < -0.4 is 4.74 Å². The fourth-order valence-electron chi connectivity index (χ4n) is 3.14. The second-order valence-electron chi connectivity index (χ2n) is 6.34. The average molecular weight is 384 g/mol. The Bertz CT molecular complexity index is 1110. The van der Waals surface area contributed by atoms with Gasteiger partial charge >= 0.3 is 5.97 Å². The number of aromatic nitrogens is 3. The Balaban J connectivity index is 1.59. The number of carbonyl (C=O) groups excluding carboxylic acids is 1. The Labute approximate surface area is 158 Å². The smallest absolute Gasteiger partial charge is 0.340 e. The van der Waals surface area contributed by atoms with E-state index in [1.807, 2.05) is 6.92 Å². The van der Waals surface area contributed by atoms with E-state index in [0.29, 0.717) is 22.5 Å². The van der Waals surface area contributed by atoms with Crippen molar-refractivity contribution < 1.29 is 23.9 Å². The van der Waals surface area contributed by atoms with E-state index in [-0.39, 0.29) is 31.3 Å². The number of nitro groups is 1. The zero-order chi connectivity index (χ0) is 19.8. The number of non-ortho nitro benzene ring substituents is 1. The van der Waals surface area contributed by atoms with Crippen LogP contribution in [-0.2, 0) is 29.7 Å². The van der Waals surface area contributed by atoms with E-state index in [1.54, 1.807) is 17.8 Å². The summed E-state index contributed by atoms with van der Waals surface area (Å²) in [5.41, 5.74) is 2.52. The molecule has 3 aromatic rings. The first-order chi connectivity index (χ1) is 13.4. The molecule has 0 amide bonds. The van der Waals surface area contributed by atoms with Gasteiger partial charge in [-0.15, -0.1) is 0 Å². The summed E-state index contributed by atoms with van der Waals surface area (Å²) in [5.74, 6) is -0.147. The zero-order valence-electron chi connectivity index (χ0n) is 15.2. The molecule has 144 valence electrons. The minimum absolute atomic E-state index is 0.0344. The molecule has 0 spiro atoms. The number of nitro benzene ring substituents is 1. The molecular weight excluding hydrogens is 368 g/mol. The van der Waals surface area contributed by atoms with Gasteiger partial charge in [0.15, 0.2) is 12.4 Å². The number of hydrogen-bond donors (Lipinski definition) is 0. The topological polar surface area (TPSA) is 119 Å². The molecule has 0 fully saturated rings. The van der Waals surface area contributed by atoms with E-state index < -0.39 is 10.9 Å². The van der Waals surface area contributed by atoms with Gasteiger partial charge in [0.2, 0.25) is 0 Å². The maximum Gasteiger partial charge on any atom is 0.340 e. The number of pyridine rings is 1. The van der Waals surface area contributed by atoms with Crippen molar-refractivity contribution in [2.45, 2.75) is 20.1 Å². The quantitative estimate of drug-likeness (QED) is 0.382. The standard InChI is InChI=1S/C18H16N4O6/c1-10-15-5-11(6-19-17(15)21(2)20-10)18(23)27-8-13-4-14(22(24)25)3-12-7-26-9-28-16(12)13/h3-6H,7-9H2,1-2H3. The van der Waals surface area contributed by atoms with Gasteiger partial charge in [0.25, 0.3) is 5.69 Å². The van der Waals surface area contributed by atoms with Gasteiger partial charge in [0.1, 0.15) is 12.4 Å². The van der Waals surface area contributed by atoms with E-state index in [1.165, 1.54) is 18.3 Å². The molecule has 0 saturated carbocycles. The predicted octanol–water partition coefficient (Wildman–Crippen LogP) is 2.41. The van der Waals surface area contributed by atoms with Crippen LogP contribution in [0.4, 0.5) is 5.69 Å². The highest BCUT2D eigenvalue weighted by Gasteiger charge is 2.22. The van der Waals surface area contributed by atoms with Crippen molar-refractivity contribution >= 4 is 22.7 Å². The third-order valence-electron chi connectivity index (χ3n) is 4.44. The van der Waals surface area contributed by atoms with Crippen molar-refractivity contribution in [3.8, 4) is 5.75 Å². The van der Waals surface area contributed by atoms with E-state index in [0.717, 1.165) is 11.1 Å². The fraction of sp³-hybridized carbons (Fsp3) is 0.278. The van der Waals surface area contributed by atoms with Crippen molar-refractivity contribution in [3.05, 3.63) is 56.9 Å². The van der Waals surface area contributed by atoms with Crippen LogP contribution in [0, 0.1) is 17.0 Å². The number of hydrogen-bond acceptors (Lipinski definition) is 8. The zero-order valence-corrected chi connectivity index (χ0v) is 15.2. The summed E-state index contributed by atoms with van der Waals surface area (Å²) in [7, 11) is 1.77. The van der Waals surface area contributed by atoms with Gasteiger partial charge in [-0.05, 0) is 13.0 Å². The number of nitrogens with zero attached hydrogens (tertiary/aromatic N) is 4. The minimum Gasteiger partial charge on any atom is -0.467 e. The highest BCUT2D eigenvalue weighted by Crippen LogP contribution is 2.33. The van der Waals surface area contributed by atoms with Gasteiger partial charge in [-0.25, -0.2) is 9.78 Å². The van der Waals surface area contributed by atoms with E-state index >= 15 is 0 Å². The summed E-state index contributed by atoms with van der Waals surface area (Å²) < 4.78 is 17.6. The Kier molecular flexibility index (Phi) is 4.40. The molecule has 2 aromatic heterocycles. The molecule has 10 heteroatoms. The van der Waals surface area contributed by atoms with Crippen molar-refractivity contribution in [1.29, 1.82) is 0 Å². The summed E-state index contributed by atoms with van der Waals surface area (Å²) in [6.45, 7) is 1.88. The number of benzene rings is 1. The molecule has 0 atom stereocenters. The Morgan fingerprint density at radius 1 is 1.39 bits per heavy atom. The minimum atomic E-state index is -0.593. The molecule has 1 aromatic carbocycles. The highest BCUT2D eigenvalue weighted by atomic mass is 16.7. The van der Waals surface area contributed by atoms with Crippen LogP contribution in [0.25, 0.3) is 11.0 Å². The first-order valence-electron chi connectivity index (χ1n) is 8.41. The normalized spacial score (nSPS) is 13.1. The second kappa shape index (κ2) is 6.89. The lowest BCUT2D eigenvalue weighted by atomic mass is 10.1. The SMILES string of the molecule is Cc1nn(C)c2ncc(C(=O)OCc3cc([N+](=O)[O-])cc4c3OCOC4)cc12. The van der Waals surface area contributed by atoms with Crippen LogP contribution in [0.3, 0.4) is 0 Å².